The molecule has 2 rings (SSSR count). The monoisotopic (exact) mass is 222 g/mol. The van der Waals surface area contributed by atoms with E-state index >= 15 is 0 Å². The second-order valence-electron chi connectivity index (χ2n) is 6.92. The van der Waals surface area contributed by atoms with Crippen LogP contribution in [0, 0.1) is 22.7 Å². The standard InChI is InChI=1S/C15H26O/c1-11(2)12-7-9-14(3)8-5-6-13(16)15(14,4)10-12/h11-12H,5-10H2,1-4H3/t12-,14-,15-/m0/s1. The largest absolute Gasteiger partial charge is 0.299 e. The quantitative estimate of drug-likeness (QED) is 0.649. The third kappa shape index (κ3) is 1.63. The Morgan fingerprint density at radius 3 is 2.56 bits per heavy atom. The summed E-state index contributed by atoms with van der Waals surface area (Å²) in [6, 6.07) is 0. The Bertz CT molecular complexity index is 294. The number of hydrogen-bond donors (Lipinski definition) is 0. The van der Waals surface area contributed by atoms with Gasteiger partial charge in [0.15, 0.2) is 0 Å². The number of rotatable bonds is 1. The van der Waals surface area contributed by atoms with Crippen LogP contribution >= 0.6 is 0 Å². The Morgan fingerprint density at radius 2 is 1.94 bits per heavy atom. The lowest BCUT2D eigenvalue weighted by Gasteiger charge is -2.55. The molecule has 2 saturated carbocycles. The Kier molecular flexibility index (Phi) is 2.92. The summed E-state index contributed by atoms with van der Waals surface area (Å²) in [7, 11) is 0. The van der Waals surface area contributed by atoms with Crippen molar-refractivity contribution >= 4 is 5.78 Å². The zero-order chi connectivity index (χ0) is 12.0. The first kappa shape index (κ1) is 12.1. The summed E-state index contributed by atoms with van der Waals surface area (Å²) >= 11 is 0. The van der Waals surface area contributed by atoms with Crippen LogP contribution < -0.4 is 0 Å². The van der Waals surface area contributed by atoms with Crippen molar-refractivity contribution < 1.29 is 4.79 Å². The van der Waals surface area contributed by atoms with E-state index in [4.69, 9.17) is 0 Å². The zero-order valence-corrected chi connectivity index (χ0v) is 11.3. The lowest BCUT2D eigenvalue weighted by molar-refractivity contribution is -0.148. The lowest BCUT2D eigenvalue weighted by Crippen LogP contribution is -2.51. The molecular weight excluding hydrogens is 196 g/mol. The molecule has 92 valence electrons. The van der Waals surface area contributed by atoms with Gasteiger partial charge in [-0.25, -0.2) is 0 Å². The molecule has 1 nitrogen and oxygen atoms in total. The van der Waals surface area contributed by atoms with Crippen LogP contribution in [0.5, 0.6) is 0 Å². The lowest BCUT2D eigenvalue weighted by atomic mass is 9.48. The topological polar surface area (TPSA) is 17.1 Å². The minimum atomic E-state index is -0.0154. The van der Waals surface area contributed by atoms with E-state index in [0.717, 1.165) is 31.1 Å². The Labute approximate surface area is 100.0 Å². The molecule has 0 amide bonds. The summed E-state index contributed by atoms with van der Waals surface area (Å²) in [6.07, 6.45) is 6.95. The fourth-order valence-electron chi connectivity index (χ4n) is 3.99. The van der Waals surface area contributed by atoms with Crippen LogP contribution in [-0.2, 0) is 4.79 Å². The van der Waals surface area contributed by atoms with Gasteiger partial charge in [0, 0.05) is 11.8 Å². The molecule has 0 aromatic heterocycles. The highest BCUT2D eigenvalue weighted by atomic mass is 16.1. The summed E-state index contributed by atoms with van der Waals surface area (Å²) in [6.45, 7) is 9.23. The van der Waals surface area contributed by atoms with Crippen molar-refractivity contribution in [2.24, 2.45) is 22.7 Å². The molecule has 0 aliphatic heterocycles. The highest BCUT2D eigenvalue weighted by Gasteiger charge is 2.54. The molecule has 2 fully saturated rings. The number of fused-ring (bicyclic) bond motifs is 1. The predicted molar refractivity (Wildman–Crippen MR) is 67.3 cm³/mol. The average molecular weight is 222 g/mol. The minimum Gasteiger partial charge on any atom is -0.299 e. The van der Waals surface area contributed by atoms with Crippen LogP contribution in [0.4, 0.5) is 0 Å². The minimum absolute atomic E-state index is 0.0154. The van der Waals surface area contributed by atoms with E-state index in [1.165, 1.54) is 19.3 Å². The first-order chi connectivity index (χ1) is 7.39. The summed E-state index contributed by atoms with van der Waals surface area (Å²) in [5.41, 5.74) is 0.284. The van der Waals surface area contributed by atoms with Gasteiger partial charge in [-0.05, 0) is 49.4 Å². The van der Waals surface area contributed by atoms with Crippen LogP contribution in [0.15, 0.2) is 0 Å². The van der Waals surface area contributed by atoms with Crippen molar-refractivity contribution in [1.29, 1.82) is 0 Å². The highest BCUT2D eigenvalue weighted by Crippen LogP contribution is 2.59. The number of ketones is 1. The third-order valence-electron chi connectivity index (χ3n) is 5.76. The number of Topliss-reactive ketones (excluding diaryl/α,β-unsaturated/α-hetero) is 1. The van der Waals surface area contributed by atoms with Crippen molar-refractivity contribution in [3.05, 3.63) is 0 Å². The molecule has 3 atom stereocenters. The molecule has 0 aromatic rings. The molecule has 0 N–H and O–H groups in total. The van der Waals surface area contributed by atoms with Crippen LogP contribution in [0.25, 0.3) is 0 Å². The van der Waals surface area contributed by atoms with Gasteiger partial charge in [-0.2, -0.15) is 0 Å². The Hall–Kier alpha value is -0.330. The van der Waals surface area contributed by atoms with Crippen LogP contribution in [-0.4, -0.2) is 5.78 Å². The van der Waals surface area contributed by atoms with Crippen molar-refractivity contribution in [2.75, 3.05) is 0 Å². The fraction of sp³-hybridized carbons (Fsp3) is 0.933. The van der Waals surface area contributed by atoms with Crippen molar-refractivity contribution in [3.63, 3.8) is 0 Å². The van der Waals surface area contributed by atoms with Crippen molar-refractivity contribution in [3.8, 4) is 0 Å². The molecule has 0 radical (unpaired) electrons. The van der Waals surface area contributed by atoms with Gasteiger partial charge in [0.05, 0.1) is 0 Å². The van der Waals surface area contributed by atoms with E-state index in [1.54, 1.807) is 0 Å². The van der Waals surface area contributed by atoms with Gasteiger partial charge >= 0.3 is 0 Å². The van der Waals surface area contributed by atoms with E-state index in [-0.39, 0.29) is 5.41 Å². The van der Waals surface area contributed by atoms with Crippen LogP contribution in [0.2, 0.25) is 0 Å². The van der Waals surface area contributed by atoms with Gasteiger partial charge in [-0.3, -0.25) is 4.79 Å². The maximum atomic E-state index is 12.3. The first-order valence-corrected chi connectivity index (χ1v) is 6.92. The van der Waals surface area contributed by atoms with E-state index in [1.807, 2.05) is 0 Å². The molecular formula is C15H26O. The van der Waals surface area contributed by atoms with E-state index in [0.29, 0.717) is 11.2 Å². The first-order valence-electron chi connectivity index (χ1n) is 6.92. The molecule has 0 saturated heterocycles. The van der Waals surface area contributed by atoms with Crippen molar-refractivity contribution in [2.45, 2.75) is 66.2 Å². The zero-order valence-electron chi connectivity index (χ0n) is 11.3. The van der Waals surface area contributed by atoms with E-state index in [9.17, 15) is 4.79 Å². The molecule has 0 spiro atoms. The molecule has 0 heterocycles. The van der Waals surface area contributed by atoms with Gasteiger partial charge in [-0.1, -0.05) is 27.7 Å². The van der Waals surface area contributed by atoms with Gasteiger partial charge in [0.25, 0.3) is 0 Å². The molecule has 0 unspecified atom stereocenters. The second-order valence-corrected chi connectivity index (χ2v) is 6.92. The molecule has 1 heteroatoms. The van der Waals surface area contributed by atoms with E-state index in [2.05, 4.69) is 27.7 Å². The number of carbonyl (C=O) groups excluding carboxylic acids is 1. The highest BCUT2D eigenvalue weighted by molar-refractivity contribution is 5.86. The van der Waals surface area contributed by atoms with E-state index < -0.39 is 0 Å². The van der Waals surface area contributed by atoms with Gasteiger partial charge in [-0.15, -0.1) is 0 Å². The molecule has 16 heavy (non-hydrogen) atoms. The summed E-state index contributed by atoms with van der Waals surface area (Å²) in [4.78, 5) is 12.3. The van der Waals surface area contributed by atoms with Crippen molar-refractivity contribution in [1.82, 2.24) is 0 Å². The maximum absolute atomic E-state index is 12.3. The summed E-state index contributed by atoms with van der Waals surface area (Å²) in [5.74, 6) is 2.04. The normalized spacial score (nSPS) is 44.6. The Balaban J connectivity index is 2.26. The van der Waals surface area contributed by atoms with Gasteiger partial charge < -0.3 is 0 Å². The number of carbonyl (C=O) groups is 1. The second kappa shape index (κ2) is 3.85. The maximum Gasteiger partial charge on any atom is 0.139 e. The summed E-state index contributed by atoms with van der Waals surface area (Å²) < 4.78 is 0. The fourth-order valence-corrected chi connectivity index (χ4v) is 3.99. The number of hydrogen-bond acceptors (Lipinski definition) is 1. The molecule has 0 aromatic carbocycles. The smallest absolute Gasteiger partial charge is 0.139 e. The van der Waals surface area contributed by atoms with Gasteiger partial charge in [0.2, 0.25) is 0 Å². The molecule has 2 aliphatic carbocycles. The van der Waals surface area contributed by atoms with Crippen LogP contribution in [0.3, 0.4) is 0 Å². The van der Waals surface area contributed by atoms with Gasteiger partial charge in [0.1, 0.15) is 5.78 Å². The Morgan fingerprint density at radius 1 is 1.25 bits per heavy atom. The SMILES string of the molecule is CC(C)[C@H]1CC[C@]2(C)CCCC(=O)[C@]2(C)C1. The predicted octanol–water partition coefficient (Wildman–Crippen LogP) is 4.21. The summed E-state index contributed by atoms with van der Waals surface area (Å²) in [5, 5.41) is 0. The molecule has 0 bridgehead atoms. The molecule has 2 aliphatic rings. The van der Waals surface area contributed by atoms with Crippen LogP contribution in [0.1, 0.15) is 66.2 Å². The average Bonchev–Trinajstić information content (AvgIpc) is 2.20. The third-order valence-corrected chi connectivity index (χ3v) is 5.76.